The smallest absolute Gasteiger partial charge is 0.872 e. The summed E-state index contributed by atoms with van der Waals surface area (Å²) in [7, 11) is 0. The van der Waals surface area contributed by atoms with Crippen molar-refractivity contribution in [3.8, 4) is 17.2 Å². The molecule has 199 valence electrons. The van der Waals surface area contributed by atoms with Crippen molar-refractivity contribution < 1.29 is 53.9 Å². The minimum atomic E-state index is -0.00503. The van der Waals surface area contributed by atoms with Crippen LogP contribution in [0.4, 0.5) is 0 Å². The standard InChI is InChI=1S/C30H36N4O3.Tb/c1-22-7-4-10-25(28(22)35)19-31-13-16-34(17-14-32-20-26-11-5-8-23(2)29(26)36)18-15-33-21-27-12-6-9-24(3)30(27)37;/h4-12,19-21,35-37H,13-18H2,1-3H3;/q;+4/p-3. The first-order chi connectivity index (χ1) is 17.9. The monoisotopic (exact) mass is 656 g/mol. The topological polar surface area (TPSA) is 110 Å². The number of rotatable bonds is 12. The molecule has 38 heavy (non-hydrogen) atoms. The van der Waals surface area contributed by atoms with Gasteiger partial charge in [0.1, 0.15) is 0 Å². The van der Waals surface area contributed by atoms with Gasteiger partial charge < -0.3 is 15.3 Å². The normalized spacial score (nSPS) is 11.7. The molecule has 3 aromatic carbocycles. The number of hydrogen-bond acceptors (Lipinski definition) is 7. The van der Waals surface area contributed by atoms with E-state index in [1.165, 1.54) is 0 Å². The van der Waals surface area contributed by atoms with Crippen LogP contribution in [-0.2, 0) is 0 Å². The molecule has 0 atom stereocenters. The van der Waals surface area contributed by atoms with Crippen molar-refractivity contribution in [2.24, 2.45) is 15.0 Å². The summed E-state index contributed by atoms with van der Waals surface area (Å²) in [5, 5.41) is 36.6. The second kappa shape index (κ2) is 16.3. The molecule has 0 saturated carbocycles. The van der Waals surface area contributed by atoms with E-state index in [0.717, 1.165) is 0 Å². The molecule has 0 heterocycles. The van der Waals surface area contributed by atoms with Gasteiger partial charge in [0, 0.05) is 38.3 Å². The van der Waals surface area contributed by atoms with Crippen molar-refractivity contribution in [1.82, 2.24) is 4.90 Å². The second-order valence-corrected chi connectivity index (χ2v) is 8.93. The molecule has 0 fully saturated rings. The summed E-state index contributed by atoms with van der Waals surface area (Å²) in [6.07, 6.45) is 4.89. The first-order valence-corrected chi connectivity index (χ1v) is 12.4. The Kier molecular flexibility index (Phi) is 13.5. The van der Waals surface area contributed by atoms with Gasteiger partial charge in [-0.05, 0) is 37.5 Å². The second-order valence-electron chi connectivity index (χ2n) is 8.93. The molecule has 0 unspecified atom stereocenters. The SMILES string of the molecule is Cc1cccc(C=NCCN(CCN=Cc2cccc(C)c2[O-])CCN=Cc2cccc(C)c2[O-])c1[O-].[Tb+4]. The maximum atomic E-state index is 12.2. The molecule has 0 N–H and O–H groups in total. The molecule has 0 aliphatic carbocycles. The van der Waals surface area contributed by atoms with E-state index >= 15 is 0 Å². The number of aliphatic imine (C=N–C) groups is 3. The zero-order valence-corrected chi connectivity index (χ0v) is 24.2. The summed E-state index contributed by atoms with van der Waals surface area (Å²) in [4.78, 5) is 15.5. The largest absolute Gasteiger partial charge is 4.00 e. The van der Waals surface area contributed by atoms with Crippen LogP contribution in [-0.4, -0.2) is 62.8 Å². The van der Waals surface area contributed by atoms with E-state index in [1.54, 1.807) is 75.8 Å². The van der Waals surface area contributed by atoms with Crippen LogP contribution in [0.3, 0.4) is 0 Å². The quantitative estimate of drug-likeness (QED) is 0.280. The van der Waals surface area contributed by atoms with Crippen LogP contribution in [0, 0.1) is 59.4 Å². The Morgan fingerprint density at radius 1 is 0.553 bits per heavy atom. The van der Waals surface area contributed by atoms with Crippen LogP contribution in [0.5, 0.6) is 17.2 Å². The number of benzene rings is 3. The Bertz CT molecular complexity index is 1120. The van der Waals surface area contributed by atoms with E-state index in [9.17, 15) is 15.3 Å². The average Bonchev–Trinajstić information content (AvgIpc) is 2.88. The van der Waals surface area contributed by atoms with Crippen molar-refractivity contribution in [3.05, 3.63) is 88.0 Å². The molecule has 0 saturated heterocycles. The van der Waals surface area contributed by atoms with Crippen LogP contribution in [0.1, 0.15) is 33.4 Å². The minimum absolute atomic E-state index is 0. The first kappa shape index (κ1) is 31.5. The Morgan fingerprint density at radius 3 is 1.13 bits per heavy atom. The van der Waals surface area contributed by atoms with Crippen molar-refractivity contribution in [2.75, 3.05) is 39.3 Å². The molecule has 0 bridgehead atoms. The van der Waals surface area contributed by atoms with Gasteiger partial charge in [-0.15, -0.1) is 0 Å². The summed E-state index contributed by atoms with van der Waals surface area (Å²) in [6, 6.07) is 16.2. The summed E-state index contributed by atoms with van der Waals surface area (Å²) >= 11 is 0. The van der Waals surface area contributed by atoms with Gasteiger partial charge in [0.05, 0.1) is 19.6 Å². The van der Waals surface area contributed by atoms with Gasteiger partial charge in [-0.1, -0.05) is 88.5 Å². The van der Waals surface area contributed by atoms with Crippen molar-refractivity contribution >= 4 is 18.6 Å². The number of para-hydroxylation sites is 3. The Morgan fingerprint density at radius 2 is 0.842 bits per heavy atom. The fourth-order valence-electron chi connectivity index (χ4n) is 3.75. The molecule has 0 aromatic heterocycles. The molecule has 8 heteroatoms. The van der Waals surface area contributed by atoms with Crippen molar-refractivity contribution in [1.29, 1.82) is 0 Å². The van der Waals surface area contributed by atoms with Gasteiger partial charge in [0.25, 0.3) is 0 Å². The number of hydrogen-bond donors (Lipinski definition) is 0. The fourth-order valence-corrected chi connectivity index (χ4v) is 3.75. The van der Waals surface area contributed by atoms with Crippen LogP contribution >= 0.6 is 0 Å². The summed E-state index contributed by atoms with van der Waals surface area (Å²) < 4.78 is 0. The molecule has 0 aliphatic heterocycles. The molecule has 0 aliphatic rings. The van der Waals surface area contributed by atoms with Crippen LogP contribution in [0.25, 0.3) is 0 Å². The zero-order valence-electron chi connectivity index (χ0n) is 22.0. The molecule has 3 aromatic rings. The Hall–Kier alpha value is -2.68. The van der Waals surface area contributed by atoms with Crippen LogP contribution < -0.4 is 15.3 Å². The van der Waals surface area contributed by atoms with Crippen LogP contribution in [0.2, 0.25) is 0 Å². The summed E-state index contributed by atoms with van der Waals surface area (Å²) in [5.41, 5.74) is 3.85. The van der Waals surface area contributed by atoms with Crippen molar-refractivity contribution in [2.45, 2.75) is 20.8 Å². The van der Waals surface area contributed by atoms with E-state index in [-0.39, 0.29) is 55.9 Å². The van der Waals surface area contributed by atoms with Gasteiger partial charge in [0.2, 0.25) is 0 Å². The van der Waals surface area contributed by atoms with E-state index < -0.39 is 0 Å². The average molecular weight is 657 g/mol. The predicted octanol–water partition coefficient (Wildman–Crippen LogP) is 2.79. The van der Waals surface area contributed by atoms with Crippen molar-refractivity contribution in [3.63, 3.8) is 0 Å². The fraction of sp³-hybridized carbons (Fsp3) is 0.300. The third-order valence-corrected chi connectivity index (χ3v) is 6.05. The van der Waals surface area contributed by atoms with E-state index in [4.69, 9.17) is 0 Å². The maximum Gasteiger partial charge on any atom is 4.00 e. The zero-order chi connectivity index (χ0) is 26.6. The van der Waals surface area contributed by atoms with Gasteiger partial charge >= 0.3 is 38.6 Å². The minimum Gasteiger partial charge on any atom is -0.872 e. The molecular formula is C30H33N4O3Tb+. The van der Waals surface area contributed by atoms with Gasteiger partial charge in [-0.2, -0.15) is 0 Å². The van der Waals surface area contributed by atoms with Gasteiger partial charge in [-0.25, -0.2) is 0 Å². The van der Waals surface area contributed by atoms with E-state index in [2.05, 4.69) is 19.9 Å². The third-order valence-electron chi connectivity index (χ3n) is 6.05. The maximum absolute atomic E-state index is 12.2. The van der Waals surface area contributed by atoms with E-state index in [0.29, 0.717) is 72.6 Å². The Balaban J connectivity index is 0.00000507. The molecule has 3 rings (SSSR count). The number of nitrogens with zero attached hydrogens (tertiary/aromatic N) is 4. The van der Waals surface area contributed by atoms with Gasteiger partial charge in [0.15, 0.2) is 0 Å². The van der Waals surface area contributed by atoms with E-state index in [1.807, 2.05) is 18.2 Å². The van der Waals surface area contributed by atoms with Gasteiger partial charge in [-0.3, -0.25) is 19.9 Å². The molecule has 7 nitrogen and oxygen atoms in total. The first-order valence-electron chi connectivity index (χ1n) is 12.4. The number of aryl methyl sites for hydroxylation is 3. The van der Waals surface area contributed by atoms with Crippen LogP contribution in [0.15, 0.2) is 69.6 Å². The molecule has 0 amide bonds. The third kappa shape index (κ3) is 9.56. The molecule has 1 radical (unpaired) electrons. The Labute approximate surface area is 256 Å². The summed E-state index contributed by atoms with van der Waals surface area (Å²) in [6.45, 7) is 8.93. The molecular weight excluding hydrogens is 623 g/mol. The molecule has 0 spiro atoms. The predicted molar refractivity (Wildman–Crippen MR) is 146 cm³/mol. The summed E-state index contributed by atoms with van der Waals surface area (Å²) in [5.74, 6) is -0.0151.